The van der Waals surface area contributed by atoms with Gasteiger partial charge in [-0.25, -0.2) is 0 Å². The molecule has 1 aromatic rings. The third kappa shape index (κ3) is 2.27. The second-order valence-electron chi connectivity index (χ2n) is 3.46. The summed E-state index contributed by atoms with van der Waals surface area (Å²) in [7, 11) is 1.56. The fourth-order valence-electron chi connectivity index (χ4n) is 1.37. The molecule has 1 rings (SSSR count). The Balaban J connectivity index is 3.23. The Morgan fingerprint density at radius 2 is 2.25 bits per heavy atom. The Morgan fingerprint density at radius 3 is 2.75 bits per heavy atom. The van der Waals surface area contributed by atoms with E-state index in [2.05, 4.69) is 6.07 Å². The quantitative estimate of drug-likeness (QED) is 0.791. The molecule has 16 heavy (non-hydrogen) atoms. The average Bonchev–Trinajstić information content (AvgIpc) is 2.36. The number of hydrogen-bond donors (Lipinski definition) is 0. The Labute approximate surface area is 102 Å². The fraction of sp³-hybridized carbons (Fsp3) is 0.333. The van der Waals surface area contributed by atoms with E-state index in [1.54, 1.807) is 38.3 Å². The summed E-state index contributed by atoms with van der Waals surface area (Å²) in [5.74, 6) is 2.49. The molecule has 1 unspecified atom stereocenters. The van der Waals surface area contributed by atoms with Crippen LogP contribution in [0.1, 0.15) is 12.5 Å². The minimum absolute atomic E-state index is 0.0178. The van der Waals surface area contributed by atoms with Crippen LogP contribution >= 0.6 is 0 Å². The molecule has 0 amide bonds. The molecule has 4 heteroatoms. The van der Waals surface area contributed by atoms with Gasteiger partial charge in [0.05, 0.1) is 0 Å². The van der Waals surface area contributed by atoms with E-state index in [-0.39, 0.29) is 19.6 Å². The Hall–Kier alpha value is -1.30. The summed E-state index contributed by atoms with van der Waals surface area (Å²) in [6, 6.07) is 9.22. The molecule has 0 spiro atoms. The summed E-state index contributed by atoms with van der Waals surface area (Å²) in [6.07, 6.45) is 0. The van der Waals surface area contributed by atoms with Gasteiger partial charge in [0, 0.05) is 0 Å². The number of methoxy groups -OCH3 is 1. The SMILES string of the molecule is COc1cccc(C(C)(C#N)C(=O)[Se]C)c1. The summed E-state index contributed by atoms with van der Waals surface area (Å²) in [5.41, 5.74) is -0.355. The summed E-state index contributed by atoms with van der Waals surface area (Å²) in [4.78, 5) is 11.8. The van der Waals surface area contributed by atoms with E-state index in [0.29, 0.717) is 11.3 Å². The van der Waals surface area contributed by atoms with Gasteiger partial charge in [-0.2, -0.15) is 0 Å². The zero-order valence-corrected chi connectivity index (χ0v) is 11.2. The van der Waals surface area contributed by atoms with Crippen molar-refractivity contribution in [3.8, 4) is 11.8 Å². The van der Waals surface area contributed by atoms with Gasteiger partial charge in [0.25, 0.3) is 0 Å². The summed E-state index contributed by atoms with van der Waals surface area (Å²) < 4.78 is 5.07. The number of hydrogen-bond acceptors (Lipinski definition) is 3. The number of nitriles is 1. The van der Waals surface area contributed by atoms with Crippen molar-refractivity contribution in [1.29, 1.82) is 5.26 Å². The average molecular weight is 282 g/mol. The molecule has 0 N–H and O–H groups in total. The van der Waals surface area contributed by atoms with Gasteiger partial charge in [0.15, 0.2) is 0 Å². The van der Waals surface area contributed by atoms with Gasteiger partial charge in [0.2, 0.25) is 0 Å². The van der Waals surface area contributed by atoms with E-state index in [9.17, 15) is 10.1 Å². The van der Waals surface area contributed by atoms with Gasteiger partial charge in [0.1, 0.15) is 0 Å². The van der Waals surface area contributed by atoms with Gasteiger partial charge in [-0.3, -0.25) is 0 Å². The number of ether oxygens (including phenoxy) is 1. The van der Waals surface area contributed by atoms with Crippen molar-refractivity contribution >= 4 is 19.6 Å². The van der Waals surface area contributed by atoms with E-state index in [4.69, 9.17) is 4.74 Å². The van der Waals surface area contributed by atoms with E-state index in [0.717, 1.165) is 0 Å². The Bertz CT molecular complexity index is 439. The predicted molar refractivity (Wildman–Crippen MR) is 62.6 cm³/mol. The van der Waals surface area contributed by atoms with Gasteiger partial charge >= 0.3 is 101 Å². The fourth-order valence-corrected chi connectivity index (χ4v) is 2.57. The first-order valence-electron chi connectivity index (χ1n) is 4.72. The number of carbonyl (C=O) groups is 1. The summed E-state index contributed by atoms with van der Waals surface area (Å²) in [5, 5.41) is 9.20. The van der Waals surface area contributed by atoms with Gasteiger partial charge in [-0.15, -0.1) is 0 Å². The van der Waals surface area contributed by atoms with Crippen LogP contribution in [0.5, 0.6) is 5.75 Å². The van der Waals surface area contributed by atoms with Gasteiger partial charge in [-0.1, -0.05) is 0 Å². The normalized spacial score (nSPS) is 13.6. The second kappa shape index (κ2) is 5.16. The molecule has 0 heterocycles. The van der Waals surface area contributed by atoms with Crippen molar-refractivity contribution in [3.05, 3.63) is 29.8 Å². The first-order chi connectivity index (χ1) is 7.58. The van der Waals surface area contributed by atoms with Crippen LogP contribution in [-0.4, -0.2) is 26.7 Å². The maximum atomic E-state index is 11.8. The van der Waals surface area contributed by atoms with E-state index < -0.39 is 5.41 Å². The number of nitrogens with zero attached hydrogens (tertiary/aromatic N) is 1. The van der Waals surface area contributed by atoms with Crippen molar-refractivity contribution in [2.45, 2.75) is 18.2 Å². The molecule has 1 atom stereocenters. The summed E-state index contributed by atoms with van der Waals surface area (Å²) in [6.45, 7) is 1.66. The number of benzene rings is 1. The number of carbonyl (C=O) groups excluding carboxylic acids is 1. The van der Waals surface area contributed by atoms with Crippen molar-refractivity contribution in [1.82, 2.24) is 0 Å². The summed E-state index contributed by atoms with van der Waals surface area (Å²) >= 11 is -0.187. The first kappa shape index (κ1) is 12.8. The Morgan fingerprint density at radius 1 is 1.56 bits per heavy atom. The molecule has 0 radical (unpaired) electrons. The topological polar surface area (TPSA) is 50.1 Å². The van der Waals surface area contributed by atoms with Crippen molar-refractivity contribution in [2.75, 3.05) is 7.11 Å². The Kier molecular flexibility index (Phi) is 4.11. The molecule has 1 aromatic carbocycles. The van der Waals surface area contributed by atoms with Crippen LogP contribution in [0.3, 0.4) is 0 Å². The predicted octanol–water partition coefficient (Wildman–Crippen LogP) is 1.76. The molecule has 0 saturated heterocycles. The second-order valence-corrected chi connectivity index (χ2v) is 5.09. The molecule has 3 nitrogen and oxygen atoms in total. The van der Waals surface area contributed by atoms with E-state index >= 15 is 0 Å². The number of rotatable bonds is 4. The van der Waals surface area contributed by atoms with Crippen LogP contribution in [0.25, 0.3) is 0 Å². The molecule has 0 aliphatic rings. The zero-order chi connectivity index (χ0) is 12.2. The minimum atomic E-state index is -1.05. The van der Waals surface area contributed by atoms with Crippen LogP contribution < -0.4 is 4.74 Å². The molecule has 0 saturated carbocycles. The van der Waals surface area contributed by atoms with Crippen molar-refractivity contribution in [2.24, 2.45) is 0 Å². The molecule has 0 aromatic heterocycles. The molecular weight excluding hydrogens is 269 g/mol. The standard InChI is InChI=1S/C12H13NO2Se/c1-12(8-13,11(14)16-3)9-5-4-6-10(7-9)15-2/h4-7H,1-3H3. The van der Waals surface area contributed by atoms with Crippen LogP contribution in [0, 0.1) is 11.3 Å². The van der Waals surface area contributed by atoms with Crippen LogP contribution in [-0.2, 0) is 10.2 Å². The maximum absolute atomic E-state index is 11.8. The first-order valence-corrected chi connectivity index (χ1v) is 7.29. The van der Waals surface area contributed by atoms with Crippen LogP contribution in [0.4, 0.5) is 0 Å². The van der Waals surface area contributed by atoms with Crippen LogP contribution in [0.2, 0.25) is 5.82 Å². The van der Waals surface area contributed by atoms with E-state index in [1.807, 2.05) is 5.82 Å². The zero-order valence-electron chi connectivity index (χ0n) is 9.48. The molecule has 0 aliphatic carbocycles. The monoisotopic (exact) mass is 283 g/mol. The van der Waals surface area contributed by atoms with Gasteiger partial charge < -0.3 is 0 Å². The molecule has 0 bridgehead atoms. The van der Waals surface area contributed by atoms with Gasteiger partial charge in [-0.05, 0) is 0 Å². The van der Waals surface area contributed by atoms with Crippen molar-refractivity contribution in [3.63, 3.8) is 0 Å². The van der Waals surface area contributed by atoms with Crippen LogP contribution in [0.15, 0.2) is 24.3 Å². The third-order valence-corrected chi connectivity index (χ3v) is 4.10. The van der Waals surface area contributed by atoms with E-state index in [1.165, 1.54) is 0 Å². The molecule has 84 valence electrons. The third-order valence-electron chi connectivity index (χ3n) is 2.46. The molecule has 0 fully saturated rings. The van der Waals surface area contributed by atoms with Crippen molar-refractivity contribution < 1.29 is 9.53 Å². The molecular formula is C12H13NO2Se. The molecule has 0 aliphatic heterocycles.